The van der Waals surface area contributed by atoms with Crippen LogP contribution in [-0.2, 0) is 11.2 Å². The van der Waals surface area contributed by atoms with Gasteiger partial charge in [-0.2, -0.15) is 0 Å². The van der Waals surface area contributed by atoms with Crippen LogP contribution >= 0.6 is 0 Å². The molecule has 180 valence electrons. The maximum Gasteiger partial charge on any atom is 0.248 e. The number of carbonyl (C=O) groups is 1. The summed E-state index contributed by atoms with van der Waals surface area (Å²) in [5.41, 5.74) is 6.82. The molecule has 0 saturated carbocycles. The Morgan fingerprint density at radius 2 is 1.83 bits per heavy atom. The molecule has 1 N–H and O–H groups in total. The number of nitrogens with one attached hydrogen (secondary N) is 1. The summed E-state index contributed by atoms with van der Waals surface area (Å²) in [4.78, 5) is 12.8. The second-order valence-corrected chi connectivity index (χ2v) is 8.73. The Bertz CT molecular complexity index is 1370. The molecule has 0 radical (unpaired) electrons. The third kappa shape index (κ3) is 5.29. The topological polar surface area (TPSA) is 51.5 Å². The van der Waals surface area contributed by atoms with Gasteiger partial charge in [0.25, 0.3) is 0 Å². The zero-order valence-electron chi connectivity index (χ0n) is 20.6. The summed E-state index contributed by atoms with van der Waals surface area (Å²) >= 11 is 0. The van der Waals surface area contributed by atoms with Crippen LogP contribution in [-0.4, -0.2) is 13.0 Å². The highest BCUT2D eigenvalue weighted by Gasteiger charge is 2.19. The van der Waals surface area contributed by atoms with E-state index >= 15 is 0 Å². The minimum atomic E-state index is -0.291. The van der Waals surface area contributed by atoms with Gasteiger partial charge in [-0.3, -0.25) is 4.79 Å². The van der Waals surface area contributed by atoms with Crippen molar-refractivity contribution in [3.05, 3.63) is 89.4 Å². The van der Waals surface area contributed by atoms with Gasteiger partial charge < -0.3 is 14.5 Å². The molecule has 0 aliphatic heterocycles. The molecule has 35 heavy (non-hydrogen) atoms. The molecule has 0 aliphatic carbocycles. The van der Waals surface area contributed by atoms with Crippen molar-refractivity contribution in [1.29, 1.82) is 0 Å². The van der Waals surface area contributed by atoms with Crippen molar-refractivity contribution in [2.45, 2.75) is 40.0 Å². The Kier molecular flexibility index (Phi) is 7.35. The lowest BCUT2D eigenvalue weighted by Crippen LogP contribution is -2.08. The quantitative estimate of drug-likeness (QED) is 0.265. The lowest BCUT2D eigenvalue weighted by Gasteiger charge is -2.13. The Labute approximate surface area is 205 Å². The van der Waals surface area contributed by atoms with Gasteiger partial charge in [0, 0.05) is 33.8 Å². The maximum absolute atomic E-state index is 13.4. The minimum absolute atomic E-state index is 0.213. The second-order valence-electron chi connectivity index (χ2n) is 8.73. The number of benzene rings is 3. The first-order chi connectivity index (χ1) is 16.9. The molecule has 0 saturated heterocycles. The third-order valence-corrected chi connectivity index (χ3v) is 6.22. The van der Waals surface area contributed by atoms with Gasteiger partial charge in [-0.05, 0) is 73.7 Å². The molecule has 0 spiro atoms. The molecule has 1 aromatic heterocycles. The number of amides is 1. The molecule has 5 heteroatoms. The highest BCUT2D eigenvalue weighted by atomic mass is 19.1. The fraction of sp³-hybridized carbons (Fsp3) is 0.233. The fourth-order valence-electron chi connectivity index (χ4n) is 4.31. The number of halogens is 1. The van der Waals surface area contributed by atoms with E-state index < -0.39 is 0 Å². The van der Waals surface area contributed by atoms with Crippen molar-refractivity contribution in [3.8, 4) is 16.9 Å². The standard InChI is InChI=1S/C30H30FNO3/c1-5-6-7-21-8-14-24(15-9-21)32-28(33)16-19(2)25-17-26-27(22-10-12-23(31)13-11-22)18-35-30(26)20(3)29(25)34-4/h8-18H,5-7H2,1-4H3,(H,32,33)/b19-16+. The summed E-state index contributed by atoms with van der Waals surface area (Å²) in [5, 5.41) is 3.82. The zero-order valence-corrected chi connectivity index (χ0v) is 20.6. The van der Waals surface area contributed by atoms with Crippen molar-refractivity contribution >= 4 is 28.1 Å². The number of anilines is 1. The van der Waals surface area contributed by atoms with Gasteiger partial charge in [-0.15, -0.1) is 0 Å². The number of methoxy groups -OCH3 is 1. The van der Waals surface area contributed by atoms with E-state index in [1.807, 2.05) is 32.0 Å². The highest BCUT2D eigenvalue weighted by molar-refractivity contribution is 6.06. The van der Waals surface area contributed by atoms with Crippen molar-refractivity contribution in [1.82, 2.24) is 0 Å². The number of hydrogen-bond donors (Lipinski definition) is 1. The SMILES string of the molecule is CCCCc1ccc(NC(=O)/C=C(\C)c2cc3c(-c4ccc(F)cc4)coc3c(C)c2OC)cc1. The van der Waals surface area contributed by atoms with Crippen LogP contribution in [0.25, 0.3) is 27.7 Å². The molecular weight excluding hydrogens is 441 g/mol. The average molecular weight is 472 g/mol. The van der Waals surface area contributed by atoms with Crippen molar-refractivity contribution < 1.29 is 18.3 Å². The van der Waals surface area contributed by atoms with E-state index in [-0.39, 0.29) is 11.7 Å². The van der Waals surface area contributed by atoms with E-state index in [9.17, 15) is 9.18 Å². The van der Waals surface area contributed by atoms with Crippen molar-refractivity contribution in [2.24, 2.45) is 0 Å². The number of unbranched alkanes of at least 4 members (excludes halogenated alkanes) is 1. The molecule has 0 fully saturated rings. The molecule has 1 amide bonds. The normalized spacial score (nSPS) is 11.6. The average Bonchev–Trinajstić information content (AvgIpc) is 3.28. The molecule has 0 bridgehead atoms. The predicted molar refractivity (Wildman–Crippen MR) is 140 cm³/mol. The molecule has 1 heterocycles. The molecule has 3 aromatic carbocycles. The van der Waals surface area contributed by atoms with Gasteiger partial charge >= 0.3 is 0 Å². The molecule has 0 atom stereocenters. The number of fused-ring (bicyclic) bond motifs is 1. The summed E-state index contributed by atoms with van der Waals surface area (Å²) in [6, 6.07) is 16.2. The summed E-state index contributed by atoms with van der Waals surface area (Å²) in [6.07, 6.45) is 6.59. The molecule has 4 aromatic rings. The molecule has 0 unspecified atom stereocenters. The lowest BCUT2D eigenvalue weighted by molar-refractivity contribution is -0.111. The zero-order chi connectivity index (χ0) is 24.9. The molecule has 4 nitrogen and oxygen atoms in total. The van der Waals surface area contributed by atoms with Crippen LogP contribution in [0.4, 0.5) is 10.1 Å². The van der Waals surface area contributed by atoms with E-state index in [0.29, 0.717) is 11.3 Å². The monoisotopic (exact) mass is 471 g/mol. The van der Waals surface area contributed by atoms with Crippen LogP contribution in [0, 0.1) is 12.7 Å². The first-order valence-corrected chi connectivity index (χ1v) is 11.8. The van der Waals surface area contributed by atoms with Gasteiger partial charge in [-0.25, -0.2) is 4.39 Å². The van der Waals surface area contributed by atoms with Gasteiger partial charge in [0.1, 0.15) is 17.1 Å². The number of ether oxygens (including phenoxy) is 1. The number of carbonyl (C=O) groups excluding carboxylic acids is 1. The van der Waals surface area contributed by atoms with Crippen LogP contribution < -0.4 is 10.1 Å². The van der Waals surface area contributed by atoms with Gasteiger partial charge in [0.05, 0.1) is 13.4 Å². The van der Waals surface area contributed by atoms with Crippen LogP contribution in [0.2, 0.25) is 0 Å². The van der Waals surface area contributed by atoms with Gasteiger partial charge in [0.2, 0.25) is 5.91 Å². The van der Waals surface area contributed by atoms with Crippen LogP contribution in [0.5, 0.6) is 5.75 Å². The Morgan fingerprint density at radius 3 is 2.49 bits per heavy atom. The molecule has 4 rings (SSSR count). The van der Waals surface area contributed by atoms with Gasteiger partial charge in [-0.1, -0.05) is 37.6 Å². The Balaban J connectivity index is 1.65. The number of aryl methyl sites for hydroxylation is 2. The summed E-state index contributed by atoms with van der Waals surface area (Å²) in [7, 11) is 1.61. The predicted octanol–water partition coefficient (Wildman–Crippen LogP) is 7.94. The van der Waals surface area contributed by atoms with E-state index in [2.05, 4.69) is 24.4 Å². The lowest BCUT2D eigenvalue weighted by atomic mass is 9.96. The van der Waals surface area contributed by atoms with Gasteiger partial charge in [0.15, 0.2) is 0 Å². The van der Waals surface area contributed by atoms with E-state index in [1.165, 1.54) is 17.7 Å². The van der Waals surface area contributed by atoms with Crippen molar-refractivity contribution in [2.75, 3.05) is 12.4 Å². The van der Waals surface area contributed by atoms with E-state index in [1.54, 1.807) is 31.6 Å². The van der Waals surface area contributed by atoms with Crippen LogP contribution in [0.1, 0.15) is 43.4 Å². The summed E-state index contributed by atoms with van der Waals surface area (Å²) in [6.45, 7) is 5.98. The van der Waals surface area contributed by atoms with E-state index in [0.717, 1.165) is 58.2 Å². The Morgan fingerprint density at radius 1 is 1.11 bits per heavy atom. The molecular formula is C30H30FNO3. The second kappa shape index (κ2) is 10.6. The smallest absolute Gasteiger partial charge is 0.248 e. The third-order valence-electron chi connectivity index (χ3n) is 6.22. The molecule has 0 aliphatic rings. The highest BCUT2D eigenvalue weighted by Crippen LogP contribution is 2.40. The summed E-state index contributed by atoms with van der Waals surface area (Å²) < 4.78 is 25.0. The van der Waals surface area contributed by atoms with Crippen LogP contribution in [0.3, 0.4) is 0 Å². The maximum atomic E-state index is 13.4. The largest absolute Gasteiger partial charge is 0.496 e. The van der Waals surface area contributed by atoms with Crippen LogP contribution in [0.15, 0.2) is 71.4 Å². The first kappa shape index (κ1) is 24.3. The number of furan rings is 1. The van der Waals surface area contributed by atoms with E-state index in [4.69, 9.17) is 9.15 Å². The minimum Gasteiger partial charge on any atom is -0.496 e. The summed E-state index contributed by atoms with van der Waals surface area (Å²) in [5.74, 6) is 0.148. The fourth-order valence-corrected chi connectivity index (χ4v) is 4.31. The first-order valence-electron chi connectivity index (χ1n) is 11.8. The van der Waals surface area contributed by atoms with Crippen molar-refractivity contribution in [3.63, 3.8) is 0 Å². The number of rotatable bonds is 8. The number of allylic oxidation sites excluding steroid dienone is 1. The Hall–Kier alpha value is -3.86. The number of hydrogen-bond acceptors (Lipinski definition) is 3.